The lowest BCUT2D eigenvalue weighted by Gasteiger charge is -2.14. The third-order valence-electron chi connectivity index (χ3n) is 2.61. The van der Waals surface area contributed by atoms with Crippen molar-refractivity contribution in [2.45, 2.75) is 11.1 Å². The lowest BCUT2D eigenvalue weighted by molar-refractivity contribution is -0.385. The molecule has 0 saturated heterocycles. The first-order chi connectivity index (χ1) is 10.2. The van der Waals surface area contributed by atoms with E-state index in [1.165, 1.54) is 18.2 Å². The van der Waals surface area contributed by atoms with E-state index < -0.39 is 28.1 Å². The van der Waals surface area contributed by atoms with E-state index in [1.54, 1.807) is 0 Å². The van der Waals surface area contributed by atoms with E-state index in [1.807, 2.05) is 0 Å². The minimum absolute atomic E-state index is 0.0150. The maximum Gasteiger partial charge on any atom is 0.420 e. The summed E-state index contributed by atoms with van der Waals surface area (Å²) in [5.41, 5.74) is -1.94. The maximum absolute atomic E-state index is 13.0. The van der Waals surface area contributed by atoms with Crippen molar-refractivity contribution < 1.29 is 22.8 Å². The molecule has 2 aromatic rings. The van der Waals surface area contributed by atoms with Gasteiger partial charge >= 0.3 is 6.18 Å². The molecule has 0 aliphatic heterocycles. The SMILES string of the molecule is O=[N+]([O-])c1ccc(Oc2ccc(S)cc2Cl)c(C(F)(F)F)c1. The summed E-state index contributed by atoms with van der Waals surface area (Å²) in [4.78, 5) is 10.2. The molecule has 9 heteroatoms. The van der Waals surface area contributed by atoms with E-state index >= 15 is 0 Å². The Hall–Kier alpha value is -1.93. The molecule has 0 aliphatic rings. The average Bonchev–Trinajstić information content (AvgIpc) is 2.41. The highest BCUT2D eigenvalue weighted by Crippen LogP contribution is 2.41. The molecule has 0 fully saturated rings. The van der Waals surface area contributed by atoms with E-state index in [4.69, 9.17) is 16.3 Å². The number of nitrogens with zero attached hydrogens (tertiary/aromatic N) is 1. The Kier molecular flexibility index (Phi) is 4.52. The number of hydrogen-bond acceptors (Lipinski definition) is 4. The van der Waals surface area contributed by atoms with Crippen molar-refractivity contribution in [1.29, 1.82) is 0 Å². The Morgan fingerprint density at radius 2 is 1.77 bits per heavy atom. The first-order valence-electron chi connectivity index (χ1n) is 5.70. The smallest absolute Gasteiger partial charge is 0.420 e. The van der Waals surface area contributed by atoms with Crippen molar-refractivity contribution in [3.63, 3.8) is 0 Å². The second-order valence-electron chi connectivity index (χ2n) is 4.15. The van der Waals surface area contributed by atoms with Gasteiger partial charge in [-0.25, -0.2) is 0 Å². The van der Waals surface area contributed by atoms with Crippen molar-refractivity contribution in [3.05, 3.63) is 57.1 Å². The zero-order valence-corrected chi connectivity index (χ0v) is 12.2. The fraction of sp³-hybridized carbons (Fsp3) is 0.0769. The van der Waals surface area contributed by atoms with Gasteiger partial charge in [-0.05, 0) is 24.3 Å². The van der Waals surface area contributed by atoms with Crippen LogP contribution in [0.15, 0.2) is 41.3 Å². The van der Waals surface area contributed by atoms with E-state index in [-0.39, 0.29) is 10.8 Å². The number of rotatable bonds is 3. The molecule has 2 rings (SSSR count). The summed E-state index contributed by atoms with van der Waals surface area (Å²) in [6.45, 7) is 0. The summed E-state index contributed by atoms with van der Waals surface area (Å²) in [7, 11) is 0. The van der Waals surface area contributed by atoms with Gasteiger partial charge in [-0.3, -0.25) is 10.1 Å². The number of benzene rings is 2. The fourth-order valence-electron chi connectivity index (χ4n) is 1.63. The van der Waals surface area contributed by atoms with Gasteiger partial charge in [-0.15, -0.1) is 12.6 Å². The largest absolute Gasteiger partial charge is 0.455 e. The second-order valence-corrected chi connectivity index (χ2v) is 5.08. The Morgan fingerprint density at radius 3 is 2.32 bits per heavy atom. The molecular weight excluding hydrogens is 343 g/mol. The Morgan fingerprint density at radius 1 is 1.14 bits per heavy atom. The van der Waals surface area contributed by atoms with Crippen LogP contribution in [0.2, 0.25) is 5.02 Å². The van der Waals surface area contributed by atoms with E-state index in [0.29, 0.717) is 11.0 Å². The number of nitro groups is 1. The summed E-state index contributed by atoms with van der Waals surface area (Å²) in [5.74, 6) is -0.592. The highest BCUT2D eigenvalue weighted by molar-refractivity contribution is 7.80. The van der Waals surface area contributed by atoms with Crippen LogP contribution in [0.5, 0.6) is 11.5 Å². The fourth-order valence-corrected chi connectivity index (χ4v) is 2.13. The summed E-state index contributed by atoms with van der Waals surface area (Å²) in [6, 6.07) is 6.46. The number of ether oxygens (including phenoxy) is 1. The molecule has 0 unspecified atom stereocenters. The summed E-state index contributed by atoms with van der Waals surface area (Å²) in [5, 5.41) is 10.7. The normalized spacial score (nSPS) is 11.3. The van der Waals surface area contributed by atoms with Gasteiger partial charge in [0.1, 0.15) is 17.1 Å². The minimum atomic E-state index is -4.81. The van der Waals surface area contributed by atoms with Crippen LogP contribution in [0.4, 0.5) is 18.9 Å². The lowest BCUT2D eigenvalue weighted by atomic mass is 10.1. The topological polar surface area (TPSA) is 52.4 Å². The number of alkyl halides is 3. The minimum Gasteiger partial charge on any atom is -0.455 e. The van der Waals surface area contributed by atoms with Crippen LogP contribution >= 0.6 is 24.2 Å². The molecule has 22 heavy (non-hydrogen) atoms. The van der Waals surface area contributed by atoms with Crippen molar-refractivity contribution in [2.75, 3.05) is 0 Å². The van der Waals surface area contributed by atoms with Gasteiger partial charge in [-0.1, -0.05) is 11.6 Å². The number of hydrogen-bond donors (Lipinski definition) is 1. The molecule has 0 bridgehead atoms. The molecule has 0 spiro atoms. The molecule has 0 atom stereocenters. The number of halogens is 4. The lowest BCUT2D eigenvalue weighted by Crippen LogP contribution is -2.08. The first-order valence-corrected chi connectivity index (χ1v) is 6.53. The average molecular weight is 350 g/mol. The first kappa shape index (κ1) is 16.4. The maximum atomic E-state index is 13.0. The van der Waals surface area contributed by atoms with E-state index in [0.717, 1.165) is 12.1 Å². The molecule has 0 radical (unpaired) electrons. The van der Waals surface area contributed by atoms with Crippen LogP contribution in [-0.4, -0.2) is 4.92 Å². The molecule has 0 aromatic heterocycles. The molecule has 116 valence electrons. The molecule has 4 nitrogen and oxygen atoms in total. The monoisotopic (exact) mass is 349 g/mol. The van der Waals surface area contributed by atoms with Gasteiger partial charge in [0.05, 0.1) is 9.95 Å². The Labute approximate surface area is 133 Å². The van der Waals surface area contributed by atoms with Crippen LogP contribution in [0.1, 0.15) is 5.56 Å². The molecule has 0 amide bonds. The summed E-state index contributed by atoms with van der Waals surface area (Å²) in [6.07, 6.45) is -4.81. The van der Waals surface area contributed by atoms with E-state index in [9.17, 15) is 23.3 Å². The molecule has 0 heterocycles. The van der Waals surface area contributed by atoms with Crippen LogP contribution in [-0.2, 0) is 6.18 Å². The number of non-ortho nitro benzene ring substituents is 1. The van der Waals surface area contributed by atoms with Gasteiger partial charge < -0.3 is 4.74 Å². The summed E-state index contributed by atoms with van der Waals surface area (Å²) < 4.78 is 44.2. The van der Waals surface area contributed by atoms with Crippen molar-refractivity contribution >= 4 is 29.9 Å². The van der Waals surface area contributed by atoms with Crippen LogP contribution in [0.3, 0.4) is 0 Å². The quantitative estimate of drug-likeness (QED) is 0.462. The van der Waals surface area contributed by atoms with Gasteiger partial charge in [-0.2, -0.15) is 13.2 Å². The Bertz CT molecular complexity index is 737. The van der Waals surface area contributed by atoms with Gasteiger partial charge in [0.2, 0.25) is 0 Å². The van der Waals surface area contributed by atoms with Gasteiger partial charge in [0, 0.05) is 17.0 Å². The van der Waals surface area contributed by atoms with Crippen molar-refractivity contribution in [3.8, 4) is 11.5 Å². The van der Waals surface area contributed by atoms with Crippen LogP contribution in [0.25, 0.3) is 0 Å². The zero-order valence-electron chi connectivity index (χ0n) is 10.6. The molecule has 0 aliphatic carbocycles. The third kappa shape index (κ3) is 3.63. The number of nitro benzene ring substituents is 1. The van der Waals surface area contributed by atoms with Crippen LogP contribution < -0.4 is 4.74 Å². The van der Waals surface area contributed by atoms with Gasteiger partial charge in [0.25, 0.3) is 5.69 Å². The van der Waals surface area contributed by atoms with Crippen molar-refractivity contribution in [2.24, 2.45) is 0 Å². The summed E-state index contributed by atoms with van der Waals surface area (Å²) >= 11 is 9.90. The Balaban J connectivity index is 2.48. The highest BCUT2D eigenvalue weighted by Gasteiger charge is 2.36. The van der Waals surface area contributed by atoms with Crippen LogP contribution in [0, 0.1) is 10.1 Å². The standard InChI is InChI=1S/C13H7ClF3NO3S/c14-10-6-8(22)2-4-12(10)21-11-3-1-7(18(19)20)5-9(11)13(15,16)17/h1-6,22H. The molecule has 0 N–H and O–H groups in total. The number of thiol groups is 1. The molecule has 0 saturated carbocycles. The van der Waals surface area contributed by atoms with Crippen molar-refractivity contribution in [1.82, 2.24) is 0 Å². The van der Waals surface area contributed by atoms with E-state index in [2.05, 4.69) is 12.6 Å². The van der Waals surface area contributed by atoms with Gasteiger partial charge in [0.15, 0.2) is 0 Å². The molecular formula is C13H7ClF3NO3S. The predicted molar refractivity (Wildman–Crippen MR) is 76.9 cm³/mol. The zero-order chi connectivity index (χ0) is 16.5. The third-order valence-corrected chi connectivity index (χ3v) is 3.19. The highest BCUT2D eigenvalue weighted by atomic mass is 35.5. The second kappa shape index (κ2) is 6.05. The predicted octanol–water partition coefficient (Wildman–Crippen LogP) is 5.35. The molecule has 2 aromatic carbocycles.